The minimum absolute atomic E-state index is 0.128. The lowest BCUT2D eigenvalue weighted by Crippen LogP contribution is -2.63. The van der Waals surface area contributed by atoms with E-state index in [2.05, 4.69) is 10.3 Å². The highest BCUT2D eigenvalue weighted by Gasteiger charge is 2.49. The van der Waals surface area contributed by atoms with E-state index in [0.717, 1.165) is 0 Å². The summed E-state index contributed by atoms with van der Waals surface area (Å²) in [4.78, 5) is 34.7. The normalized spacial score (nSPS) is 39.2. The summed E-state index contributed by atoms with van der Waals surface area (Å²) in [6.07, 6.45) is 1.93. The van der Waals surface area contributed by atoms with E-state index < -0.39 is 167 Å². The summed E-state index contributed by atoms with van der Waals surface area (Å²) in [6, 6.07) is -3.83. The molecule has 2 bridgehead atoms. The first kappa shape index (κ1) is 64.8. The molecule has 0 aromatic carbocycles. The second kappa shape index (κ2) is 33.6. The van der Waals surface area contributed by atoms with Gasteiger partial charge in [-0.1, -0.05) is 92.0 Å². The fourth-order valence-electron chi connectivity index (χ4n) is 8.17. The topological polar surface area (TPSA) is 409 Å². The van der Waals surface area contributed by atoms with Crippen molar-refractivity contribution in [3.8, 4) is 0 Å². The Bertz CT molecular complexity index is 1930. The number of guanidine groups is 1. The van der Waals surface area contributed by atoms with Crippen LogP contribution in [0, 0.1) is 5.92 Å². The van der Waals surface area contributed by atoms with Crippen molar-refractivity contribution in [1.82, 2.24) is 15.9 Å². The number of nitrogens with two attached hydrogens (primary N) is 1. The van der Waals surface area contributed by atoms with Gasteiger partial charge in [-0.3, -0.25) is 14.8 Å². The van der Waals surface area contributed by atoms with Gasteiger partial charge in [-0.2, -0.15) is 0 Å². The van der Waals surface area contributed by atoms with Gasteiger partial charge in [0.25, 0.3) is 0 Å². The molecular formula is C50H81N5O20. The van der Waals surface area contributed by atoms with Gasteiger partial charge in [-0.25, -0.2) is 20.3 Å². The first-order valence-electron chi connectivity index (χ1n) is 24.9. The number of ether oxygens (including phenoxy) is 4. The molecule has 3 heterocycles. The Labute approximate surface area is 436 Å². The summed E-state index contributed by atoms with van der Waals surface area (Å²) in [6.45, 7) is 1.66. The van der Waals surface area contributed by atoms with Crippen LogP contribution in [0.1, 0.15) is 71.6 Å². The monoisotopic (exact) mass is 1070 g/mol. The minimum atomic E-state index is -2.38. The van der Waals surface area contributed by atoms with Crippen LogP contribution in [-0.2, 0) is 28.6 Å². The van der Waals surface area contributed by atoms with Crippen LogP contribution in [0.2, 0.25) is 0 Å². The van der Waals surface area contributed by atoms with Crippen LogP contribution in [0.3, 0.4) is 0 Å². The predicted octanol–water partition coefficient (Wildman–Crippen LogP) is -1.99. The van der Waals surface area contributed by atoms with Crippen LogP contribution in [0.15, 0.2) is 90.1 Å². The zero-order valence-electron chi connectivity index (χ0n) is 42.5. The molecule has 0 saturated carbocycles. The standard InChI is InChI=1S/C50H81N5O20/c1-30-16-14-12-10-8-6-4-5-7-9-11-13-15-17-35(73-47-46(67)45(41(65)29-71-47)52-48(51)55(3)70)24-42-44(53-49(68)54-75-36(27-56)28-57)40(64)26-50(69,74-42)25-34(60)22-39(63)37(61)19-18-32(58)21-33(59)23-43(66)72-31(2)20-38(30)62/h4-17,30-42,44-47,56-65,67,69-70H,18-29H2,1-3H3,(H2,51,52)(H2,53,54,68)/b5-4+,8-6+,9-7+,12-10+,13-11+,16-14+,17-15+/t30-,31-,32+,33+,34-,35-,37+,38-,39+,40-,41+,42-,44+,45-,46-,47-,50+/m0/s1. The van der Waals surface area contributed by atoms with Crippen LogP contribution in [-0.4, -0.2) is 220 Å². The molecule has 25 heteroatoms. The molecule has 25 nitrogen and oxygen atoms in total. The number of aliphatic hydroxyl groups is 12. The third-order valence-electron chi connectivity index (χ3n) is 12.3. The SMILES string of the molecule is C[C@H]1C[C@H](O)[C@@H](C)/C=C/C=C/C=C/C=C/C=C/C=C/C=C/[C@H](O[C@@H]2OC[C@@H](O)[C@H](N=C(N)N(C)O)[C@@H]2O)C[C@@H]2O[C@](O)(C[C@@H](O)C[C@@H](O)[C@H](O)CC[C@@H](O)C[C@@H](O)CC(=O)O1)C[C@H](O)[C@H]2NC(=O)NOC(CO)CO. The Morgan fingerprint density at radius 1 is 0.773 bits per heavy atom. The lowest BCUT2D eigenvalue weighted by molar-refractivity contribution is -0.299. The predicted molar refractivity (Wildman–Crippen MR) is 268 cm³/mol. The number of esters is 1. The number of aliphatic hydroxyl groups excluding tert-OH is 11. The number of fused-ring (bicyclic) bond motifs is 2. The fourth-order valence-corrected chi connectivity index (χ4v) is 8.17. The lowest BCUT2D eigenvalue weighted by atomic mass is 9.87. The van der Waals surface area contributed by atoms with Crippen LogP contribution >= 0.6 is 0 Å². The lowest BCUT2D eigenvalue weighted by Gasteiger charge is -2.46. The van der Waals surface area contributed by atoms with Gasteiger partial charge in [-0.15, -0.1) is 0 Å². The summed E-state index contributed by atoms with van der Waals surface area (Å²) in [5.74, 6) is -3.86. The molecule has 0 spiro atoms. The van der Waals surface area contributed by atoms with E-state index >= 15 is 0 Å². The van der Waals surface area contributed by atoms with Gasteiger partial charge >= 0.3 is 12.0 Å². The molecule has 75 heavy (non-hydrogen) atoms. The number of hydrogen-bond donors (Lipinski definition) is 16. The Kier molecular flexibility index (Phi) is 29.0. The van der Waals surface area contributed by atoms with Crippen molar-refractivity contribution in [2.75, 3.05) is 26.9 Å². The van der Waals surface area contributed by atoms with Gasteiger partial charge in [0.15, 0.2) is 12.1 Å². The number of amides is 2. The van der Waals surface area contributed by atoms with Crippen molar-refractivity contribution in [2.24, 2.45) is 16.6 Å². The van der Waals surface area contributed by atoms with E-state index in [0.29, 0.717) is 5.06 Å². The van der Waals surface area contributed by atoms with E-state index in [-0.39, 0.29) is 38.0 Å². The fraction of sp³-hybridized carbons (Fsp3) is 0.660. The second-order valence-electron chi connectivity index (χ2n) is 19.0. The minimum Gasteiger partial charge on any atom is -0.462 e. The van der Waals surface area contributed by atoms with Crippen LogP contribution in [0.5, 0.6) is 0 Å². The first-order valence-corrected chi connectivity index (χ1v) is 24.9. The van der Waals surface area contributed by atoms with Gasteiger partial charge in [-0.05, 0) is 26.2 Å². The molecule has 0 aromatic heterocycles. The highest BCUT2D eigenvalue weighted by atomic mass is 16.7. The summed E-state index contributed by atoms with van der Waals surface area (Å²) in [7, 11) is 1.17. The van der Waals surface area contributed by atoms with Crippen molar-refractivity contribution in [2.45, 2.75) is 175 Å². The zero-order chi connectivity index (χ0) is 55.7. The van der Waals surface area contributed by atoms with Gasteiger partial charge in [0.05, 0.1) is 87.2 Å². The molecule has 2 saturated heterocycles. The number of allylic oxidation sites excluding steroid dienone is 12. The molecule has 17 N–H and O–H groups in total. The van der Waals surface area contributed by atoms with E-state index in [1.165, 1.54) is 13.1 Å². The highest BCUT2D eigenvalue weighted by Crippen LogP contribution is 2.35. The summed E-state index contributed by atoms with van der Waals surface area (Å²) in [5, 5.41) is 142. The van der Waals surface area contributed by atoms with Crippen LogP contribution in [0.4, 0.5) is 4.79 Å². The summed E-state index contributed by atoms with van der Waals surface area (Å²) in [5.41, 5.74) is 7.77. The van der Waals surface area contributed by atoms with Crippen molar-refractivity contribution in [1.29, 1.82) is 0 Å². The largest absolute Gasteiger partial charge is 0.462 e. The number of aliphatic imine (C=N–C) groups is 1. The third kappa shape index (κ3) is 24.2. The second-order valence-corrected chi connectivity index (χ2v) is 19.0. The van der Waals surface area contributed by atoms with Gasteiger partial charge in [0, 0.05) is 45.1 Å². The smallest absolute Gasteiger partial charge is 0.339 e. The van der Waals surface area contributed by atoms with Crippen LogP contribution < -0.4 is 16.5 Å². The number of hydroxylamine groups is 3. The number of urea groups is 1. The van der Waals surface area contributed by atoms with Gasteiger partial charge in [0.2, 0.25) is 5.96 Å². The van der Waals surface area contributed by atoms with E-state index in [9.17, 15) is 76.1 Å². The van der Waals surface area contributed by atoms with Crippen molar-refractivity contribution < 1.29 is 99.9 Å². The van der Waals surface area contributed by atoms with E-state index in [4.69, 9.17) is 29.5 Å². The first-order chi connectivity index (χ1) is 35.5. The Balaban J connectivity index is 1.97. The van der Waals surface area contributed by atoms with Crippen molar-refractivity contribution >= 4 is 18.0 Å². The number of rotatable bonds is 8. The molecule has 2 amide bonds. The van der Waals surface area contributed by atoms with Gasteiger partial charge in [0.1, 0.15) is 30.5 Å². The third-order valence-corrected chi connectivity index (χ3v) is 12.3. The van der Waals surface area contributed by atoms with Crippen molar-refractivity contribution in [3.63, 3.8) is 0 Å². The van der Waals surface area contributed by atoms with Crippen molar-refractivity contribution in [3.05, 3.63) is 85.1 Å². The Morgan fingerprint density at radius 3 is 1.97 bits per heavy atom. The molecule has 17 atom stereocenters. The molecule has 0 radical (unpaired) electrons. The average Bonchev–Trinajstić information content (AvgIpc) is 3.33. The Hall–Kier alpha value is -4.49. The number of nitrogens with zero attached hydrogens (tertiary/aromatic N) is 2. The molecule has 426 valence electrons. The molecule has 3 aliphatic heterocycles. The molecule has 0 unspecified atom stereocenters. The summed E-state index contributed by atoms with van der Waals surface area (Å²) >= 11 is 0. The number of cyclic esters (lactones) is 1. The van der Waals surface area contributed by atoms with E-state index in [1.54, 1.807) is 92.8 Å². The number of nitrogens with one attached hydrogen (secondary N) is 2. The Morgan fingerprint density at radius 2 is 1.37 bits per heavy atom. The molecule has 0 aromatic rings. The molecule has 3 aliphatic rings. The zero-order valence-corrected chi connectivity index (χ0v) is 42.5. The molecule has 3 rings (SSSR count). The maximum absolute atomic E-state index is 13.1. The highest BCUT2D eigenvalue weighted by molar-refractivity contribution is 5.76. The van der Waals surface area contributed by atoms with Gasteiger partial charge < -0.3 is 91.3 Å². The number of hydrogen-bond acceptors (Lipinski definition) is 21. The molecule has 0 aliphatic carbocycles. The molecule has 2 fully saturated rings. The maximum Gasteiger partial charge on any atom is 0.339 e. The number of carbonyl (C=O) groups excluding carboxylic acids is 2. The molecular weight excluding hydrogens is 991 g/mol. The quantitative estimate of drug-likeness (QED) is 0.0541. The average molecular weight is 1070 g/mol. The number of carbonyl (C=O) groups is 2. The maximum atomic E-state index is 13.1. The van der Waals surface area contributed by atoms with E-state index in [1.807, 2.05) is 5.48 Å². The van der Waals surface area contributed by atoms with Crippen LogP contribution in [0.25, 0.3) is 0 Å². The summed E-state index contributed by atoms with van der Waals surface area (Å²) < 4.78 is 23.4.